The number of aliphatic hydroxyl groups excluding tert-OH is 1. The lowest BCUT2D eigenvalue weighted by Crippen LogP contribution is -2.47. The van der Waals surface area contributed by atoms with Crippen LogP contribution in [0.3, 0.4) is 0 Å². The first kappa shape index (κ1) is 15.3. The molecule has 0 spiro atoms. The fraction of sp³-hybridized carbons (Fsp3) is 1.00. The van der Waals surface area contributed by atoms with Gasteiger partial charge in [0.2, 0.25) is 0 Å². The molecule has 2 rings (SSSR count). The summed E-state index contributed by atoms with van der Waals surface area (Å²) in [5.74, 6) is 0. The van der Waals surface area contributed by atoms with E-state index in [1.165, 1.54) is 57.8 Å². The molecular weight excluding hydrogens is 236 g/mol. The topological polar surface area (TPSA) is 35.5 Å². The molecule has 0 unspecified atom stereocenters. The van der Waals surface area contributed by atoms with Crippen molar-refractivity contribution in [3.63, 3.8) is 0 Å². The van der Waals surface area contributed by atoms with Gasteiger partial charge in [-0.15, -0.1) is 0 Å². The van der Waals surface area contributed by atoms with Gasteiger partial charge in [-0.25, -0.2) is 0 Å². The Labute approximate surface area is 118 Å². The van der Waals surface area contributed by atoms with Gasteiger partial charge in [0.25, 0.3) is 0 Å². The third kappa shape index (κ3) is 4.44. The number of hydrogen-bond donors (Lipinski definition) is 2. The van der Waals surface area contributed by atoms with Crippen LogP contribution in [0.4, 0.5) is 0 Å². The highest BCUT2D eigenvalue weighted by molar-refractivity contribution is 4.87. The Bertz CT molecular complexity index is 233. The fourth-order valence-corrected chi connectivity index (χ4v) is 3.97. The number of rotatable bonds is 7. The molecule has 3 nitrogen and oxygen atoms in total. The molecule has 0 aliphatic heterocycles. The van der Waals surface area contributed by atoms with Crippen LogP contribution >= 0.6 is 0 Å². The molecule has 2 fully saturated rings. The Balaban J connectivity index is 1.79. The average molecular weight is 268 g/mol. The smallest absolute Gasteiger partial charge is 0.0558 e. The minimum atomic E-state index is 0.324. The number of hydrogen-bond acceptors (Lipinski definition) is 3. The summed E-state index contributed by atoms with van der Waals surface area (Å²) in [4.78, 5) is 2.64. The maximum atomic E-state index is 9.34. The Morgan fingerprint density at radius 3 is 2.21 bits per heavy atom. The van der Waals surface area contributed by atoms with Crippen molar-refractivity contribution in [2.45, 2.75) is 82.8 Å². The van der Waals surface area contributed by atoms with Crippen molar-refractivity contribution in [2.75, 3.05) is 19.7 Å². The molecule has 0 aromatic rings. The highest BCUT2D eigenvalue weighted by atomic mass is 16.3. The van der Waals surface area contributed by atoms with Crippen molar-refractivity contribution >= 4 is 0 Å². The molecule has 0 aromatic heterocycles. The first-order chi connectivity index (χ1) is 9.35. The quantitative estimate of drug-likeness (QED) is 0.745. The molecule has 3 heteroatoms. The van der Waals surface area contributed by atoms with Gasteiger partial charge in [-0.3, -0.25) is 4.90 Å². The molecule has 0 aromatic carbocycles. The van der Waals surface area contributed by atoms with Gasteiger partial charge in [0.1, 0.15) is 0 Å². The molecule has 0 radical (unpaired) electrons. The van der Waals surface area contributed by atoms with Gasteiger partial charge < -0.3 is 10.4 Å². The summed E-state index contributed by atoms with van der Waals surface area (Å²) in [6.45, 7) is 4.62. The second-order valence-electron chi connectivity index (χ2n) is 6.36. The lowest BCUT2D eigenvalue weighted by Gasteiger charge is -2.40. The van der Waals surface area contributed by atoms with Crippen molar-refractivity contribution in [3.8, 4) is 0 Å². The first-order valence-electron chi connectivity index (χ1n) is 8.45. The first-order valence-corrected chi connectivity index (χ1v) is 8.45. The number of nitrogens with one attached hydrogen (secondary N) is 1. The van der Waals surface area contributed by atoms with E-state index in [1.807, 2.05) is 0 Å². The maximum Gasteiger partial charge on any atom is 0.0558 e. The van der Waals surface area contributed by atoms with E-state index in [0.29, 0.717) is 6.61 Å². The van der Waals surface area contributed by atoms with Crippen molar-refractivity contribution in [1.29, 1.82) is 0 Å². The van der Waals surface area contributed by atoms with Crippen LogP contribution in [-0.4, -0.2) is 47.8 Å². The van der Waals surface area contributed by atoms with E-state index in [-0.39, 0.29) is 0 Å². The van der Waals surface area contributed by atoms with Crippen molar-refractivity contribution in [2.24, 2.45) is 0 Å². The Morgan fingerprint density at radius 2 is 1.63 bits per heavy atom. The van der Waals surface area contributed by atoms with Crippen molar-refractivity contribution in [1.82, 2.24) is 10.2 Å². The van der Waals surface area contributed by atoms with E-state index >= 15 is 0 Å². The van der Waals surface area contributed by atoms with Gasteiger partial charge >= 0.3 is 0 Å². The zero-order chi connectivity index (χ0) is 13.5. The molecule has 0 bridgehead atoms. The Kier molecular flexibility index (Phi) is 6.62. The van der Waals surface area contributed by atoms with Crippen LogP contribution < -0.4 is 5.32 Å². The van der Waals surface area contributed by atoms with Crippen molar-refractivity contribution in [3.05, 3.63) is 0 Å². The zero-order valence-corrected chi connectivity index (χ0v) is 12.6. The molecule has 0 saturated heterocycles. The summed E-state index contributed by atoms with van der Waals surface area (Å²) in [6.07, 6.45) is 12.0. The minimum absolute atomic E-state index is 0.324. The highest BCUT2D eigenvalue weighted by Crippen LogP contribution is 2.30. The zero-order valence-electron chi connectivity index (χ0n) is 12.6. The van der Waals surface area contributed by atoms with Crippen LogP contribution in [-0.2, 0) is 0 Å². The lowest BCUT2D eigenvalue weighted by atomic mass is 9.89. The lowest BCUT2D eigenvalue weighted by molar-refractivity contribution is 0.0765. The second kappa shape index (κ2) is 8.23. The van der Waals surface area contributed by atoms with Crippen LogP contribution in [0.2, 0.25) is 0 Å². The molecule has 0 atom stereocenters. The average Bonchev–Trinajstić information content (AvgIpc) is 2.97. The van der Waals surface area contributed by atoms with E-state index in [1.54, 1.807) is 0 Å². The van der Waals surface area contributed by atoms with Gasteiger partial charge in [0.15, 0.2) is 0 Å². The van der Waals surface area contributed by atoms with E-state index in [9.17, 15) is 5.11 Å². The van der Waals surface area contributed by atoms with Gasteiger partial charge in [0.05, 0.1) is 6.61 Å². The second-order valence-corrected chi connectivity index (χ2v) is 6.36. The molecule has 0 heterocycles. The minimum Gasteiger partial charge on any atom is -0.395 e. The van der Waals surface area contributed by atoms with Gasteiger partial charge in [-0.05, 0) is 51.5 Å². The van der Waals surface area contributed by atoms with E-state index < -0.39 is 0 Å². The molecule has 2 aliphatic rings. The summed E-state index contributed by atoms with van der Waals surface area (Å²) in [6, 6.07) is 2.24. The van der Waals surface area contributed by atoms with E-state index in [4.69, 9.17) is 0 Å². The summed E-state index contributed by atoms with van der Waals surface area (Å²) >= 11 is 0. The molecule has 19 heavy (non-hydrogen) atoms. The number of nitrogens with zero attached hydrogens (tertiary/aromatic N) is 1. The molecule has 2 aliphatic carbocycles. The predicted molar refractivity (Wildman–Crippen MR) is 80.4 cm³/mol. The van der Waals surface area contributed by atoms with Crippen LogP contribution in [0.25, 0.3) is 0 Å². The van der Waals surface area contributed by atoms with Crippen LogP contribution in [0.5, 0.6) is 0 Å². The standard InChI is InChI=1S/C16H32N2O/c1-2-11-17-14-7-9-16(10-8-14)18(12-13-19)15-5-3-4-6-15/h14-17,19H,2-13H2,1H3. The van der Waals surface area contributed by atoms with Gasteiger partial charge in [0, 0.05) is 24.7 Å². The van der Waals surface area contributed by atoms with Gasteiger partial charge in [-0.2, -0.15) is 0 Å². The van der Waals surface area contributed by atoms with Crippen LogP contribution in [0.1, 0.15) is 64.7 Å². The highest BCUT2D eigenvalue weighted by Gasteiger charge is 2.31. The normalized spacial score (nSPS) is 29.2. The van der Waals surface area contributed by atoms with E-state index in [2.05, 4.69) is 17.1 Å². The third-order valence-electron chi connectivity index (χ3n) is 5.00. The molecule has 2 N–H and O–H groups in total. The molecule has 2 saturated carbocycles. The third-order valence-corrected chi connectivity index (χ3v) is 5.00. The monoisotopic (exact) mass is 268 g/mol. The Morgan fingerprint density at radius 1 is 1.00 bits per heavy atom. The summed E-state index contributed by atoms with van der Waals surface area (Å²) in [5, 5.41) is 13.0. The summed E-state index contributed by atoms with van der Waals surface area (Å²) < 4.78 is 0. The van der Waals surface area contributed by atoms with Crippen LogP contribution in [0, 0.1) is 0 Å². The van der Waals surface area contributed by atoms with Gasteiger partial charge in [-0.1, -0.05) is 19.8 Å². The number of aliphatic hydroxyl groups is 1. The predicted octanol–water partition coefficient (Wildman–Crippen LogP) is 2.53. The van der Waals surface area contributed by atoms with Crippen molar-refractivity contribution < 1.29 is 5.11 Å². The van der Waals surface area contributed by atoms with Crippen LogP contribution in [0.15, 0.2) is 0 Å². The molecule has 0 amide bonds. The Hall–Kier alpha value is -0.120. The fourth-order valence-electron chi connectivity index (χ4n) is 3.97. The molecular formula is C16H32N2O. The van der Waals surface area contributed by atoms with E-state index in [0.717, 1.165) is 31.2 Å². The maximum absolute atomic E-state index is 9.34. The largest absolute Gasteiger partial charge is 0.395 e. The summed E-state index contributed by atoms with van der Waals surface area (Å²) in [5.41, 5.74) is 0. The molecule has 112 valence electrons. The summed E-state index contributed by atoms with van der Waals surface area (Å²) in [7, 11) is 0. The SMILES string of the molecule is CCCNC1CCC(N(CCO)C2CCCC2)CC1.